The lowest BCUT2D eigenvalue weighted by molar-refractivity contribution is 0.0963. The van der Waals surface area contributed by atoms with Crippen LogP contribution in [0.1, 0.15) is 42.3 Å². The summed E-state index contributed by atoms with van der Waals surface area (Å²) in [5.74, 6) is 0.708. The second kappa shape index (κ2) is 9.76. The summed E-state index contributed by atoms with van der Waals surface area (Å²) >= 11 is 0. The summed E-state index contributed by atoms with van der Waals surface area (Å²) in [7, 11) is 1.63. The first-order valence-electron chi connectivity index (χ1n) is 9.35. The lowest BCUT2D eigenvalue weighted by Gasteiger charge is -2.26. The molecule has 5 heteroatoms. The van der Waals surface area contributed by atoms with Crippen LogP contribution in [-0.4, -0.2) is 32.0 Å². The number of amides is 1. The Morgan fingerprint density at radius 2 is 1.67 bits per heavy atom. The Morgan fingerprint density at radius 1 is 1.00 bits per heavy atom. The molecule has 0 unspecified atom stereocenters. The van der Waals surface area contributed by atoms with E-state index in [1.807, 2.05) is 30.3 Å². The van der Waals surface area contributed by atoms with Crippen molar-refractivity contribution in [2.75, 3.05) is 20.1 Å². The molecule has 5 nitrogen and oxygen atoms in total. The molecule has 1 amide bonds. The van der Waals surface area contributed by atoms with Crippen LogP contribution < -0.4 is 16.0 Å². The van der Waals surface area contributed by atoms with E-state index in [2.05, 4.69) is 66.0 Å². The highest BCUT2D eigenvalue weighted by atomic mass is 16.1. The number of nitrogens with zero attached hydrogens (tertiary/aromatic N) is 1. The zero-order chi connectivity index (χ0) is 19.7. The quantitative estimate of drug-likeness (QED) is 0.521. The van der Waals surface area contributed by atoms with Crippen molar-refractivity contribution in [1.82, 2.24) is 16.0 Å². The molecule has 0 heterocycles. The van der Waals surface area contributed by atoms with Crippen LogP contribution in [0.3, 0.4) is 0 Å². The van der Waals surface area contributed by atoms with Crippen molar-refractivity contribution in [3.8, 4) is 0 Å². The molecule has 0 fully saturated rings. The number of rotatable bonds is 7. The third-order valence-corrected chi connectivity index (χ3v) is 4.46. The first-order valence-corrected chi connectivity index (χ1v) is 9.35. The van der Waals surface area contributed by atoms with E-state index in [1.54, 1.807) is 7.05 Å². The normalized spacial score (nSPS) is 11.8. The van der Waals surface area contributed by atoms with Crippen molar-refractivity contribution in [2.24, 2.45) is 4.99 Å². The maximum Gasteiger partial charge on any atom is 0.251 e. The number of carbonyl (C=O) groups is 1. The topological polar surface area (TPSA) is 65.5 Å². The van der Waals surface area contributed by atoms with E-state index in [-0.39, 0.29) is 11.3 Å². The van der Waals surface area contributed by atoms with E-state index >= 15 is 0 Å². The van der Waals surface area contributed by atoms with Gasteiger partial charge < -0.3 is 16.0 Å². The summed E-state index contributed by atoms with van der Waals surface area (Å²) in [6, 6.07) is 18.0. The smallest absolute Gasteiger partial charge is 0.251 e. The van der Waals surface area contributed by atoms with Gasteiger partial charge in [-0.05, 0) is 30.2 Å². The van der Waals surface area contributed by atoms with Crippen molar-refractivity contribution in [1.29, 1.82) is 0 Å². The van der Waals surface area contributed by atoms with Crippen molar-refractivity contribution in [2.45, 2.75) is 32.7 Å². The Balaban J connectivity index is 2.00. The molecule has 2 rings (SSSR count). The maximum absolute atomic E-state index is 11.6. The van der Waals surface area contributed by atoms with Crippen LogP contribution in [0.2, 0.25) is 0 Å². The summed E-state index contributed by atoms with van der Waals surface area (Å²) in [5, 5.41) is 9.36. The highest BCUT2D eigenvalue weighted by molar-refractivity contribution is 5.93. The summed E-state index contributed by atoms with van der Waals surface area (Å²) in [4.78, 5) is 16.3. The molecule has 0 saturated heterocycles. The molecule has 0 aliphatic heterocycles. The van der Waals surface area contributed by atoms with Crippen molar-refractivity contribution in [3.05, 3.63) is 71.3 Å². The van der Waals surface area contributed by atoms with Crippen LogP contribution in [0, 0.1) is 0 Å². The Bertz CT molecular complexity index is 752. The van der Waals surface area contributed by atoms with Gasteiger partial charge in [-0.1, -0.05) is 56.3 Å². The van der Waals surface area contributed by atoms with E-state index in [0.717, 1.165) is 24.6 Å². The molecule has 0 atom stereocenters. The molecule has 3 N–H and O–H groups in total. The molecule has 144 valence electrons. The molecule has 2 aromatic carbocycles. The molecule has 0 aromatic heterocycles. The van der Waals surface area contributed by atoms with Crippen molar-refractivity contribution >= 4 is 11.9 Å². The van der Waals surface area contributed by atoms with Crippen LogP contribution in [0.25, 0.3) is 0 Å². The zero-order valence-electron chi connectivity index (χ0n) is 16.7. The highest BCUT2D eigenvalue weighted by Gasteiger charge is 2.20. The summed E-state index contributed by atoms with van der Waals surface area (Å²) in [5.41, 5.74) is 2.99. The van der Waals surface area contributed by atoms with Gasteiger partial charge >= 0.3 is 0 Å². The third kappa shape index (κ3) is 6.13. The monoisotopic (exact) mass is 366 g/mol. The molecule has 27 heavy (non-hydrogen) atoms. The number of hydrogen-bond acceptors (Lipinski definition) is 2. The maximum atomic E-state index is 11.6. The van der Waals surface area contributed by atoms with Crippen LogP contribution in [0.4, 0.5) is 0 Å². The average Bonchev–Trinajstić information content (AvgIpc) is 2.70. The average molecular weight is 367 g/mol. The first-order chi connectivity index (χ1) is 13.0. The Labute approximate surface area is 162 Å². The largest absolute Gasteiger partial charge is 0.357 e. The minimum absolute atomic E-state index is 0.00733. The number of aliphatic imine (C=N–C) groups is 1. The minimum Gasteiger partial charge on any atom is -0.357 e. The van der Waals surface area contributed by atoms with E-state index in [0.29, 0.717) is 12.1 Å². The molecule has 0 bridgehead atoms. The van der Waals surface area contributed by atoms with Crippen molar-refractivity contribution in [3.63, 3.8) is 0 Å². The lowest BCUT2D eigenvalue weighted by atomic mass is 9.85. The van der Waals surface area contributed by atoms with Crippen LogP contribution in [0.5, 0.6) is 0 Å². The summed E-state index contributed by atoms with van der Waals surface area (Å²) in [6.45, 7) is 8.62. The van der Waals surface area contributed by atoms with E-state index in [1.165, 1.54) is 5.56 Å². The number of carbonyl (C=O) groups excluding carboxylic acids is 1. The number of hydrogen-bond donors (Lipinski definition) is 3. The molecule has 0 aliphatic carbocycles. The second-order valence-corrected chi connectivity index (χ2v) is 7.07. The number of nitrogens with one attached hydrogen (secondary N) is 3. The lowest BCUT2D eigenvalue weighted by Crippen LogP contribution is -2.43. The third-order valence-electron chi connectivity index (χ3n) is 4.46. The highest BCUT2D eigenvalue weighted by Crippen LogP contribution is 2.21. The zero-order valence-corrected chi connectivity index (χ0v) is 16.7. The fourth-order valence-electron chi connectivity index (χ4n) is 2.71. The Hall–Kier alpha value is -2.82. The van der Waals surface area contributed by atoms with Gasteiger partial charge in [-0.25, -0.2) is 4.99 Å². The van der Waals surface area contributed by atoms with Gasteiger partial charge in [0, 0.05) is 31.1 Å². The van der Waals surface area contributed by atoms with E-state index < -0.39 is 0 Å². The van der Waals surface area contributed by atoms with E-state index in [9.17, 15) is 4.79 Å². The van der Waals surface area contributed by atoms with Gasteiger partial charge in [-0.3, -0.25) is 4.79 Å². The summed E-state index contributed by atoms with van der Waals surface area (Å²) < 4.78 is 0. The second-order valence-electron chi connectivity index (χ2n) is 7.07. The molecule has 0 saturated carbocycles. The molecule has 0 spiro atoms. The van der Waals surface area contributed by atoms with E-state index in [4.69, 9.17) is 0 Å². The fourth-order valence-corrected chi connectivity index (χ4v) is 2.71. The van der Waals surface area contributed by atoms with Gasteiger partial charge in [0.1, 0.15) is 0 Å². The van der Waals surface area contributed by atoms with Crippen LogP contribution >= 0.6 is 0 Å². The molecule has 0 radical (unpaired) electrons. The molecule has 2 aromatic rings. The molecular formula is C22H30N4O. The predicted molar refractivity (Wildman–Crippen MR) is 112 cm³/mol. The molecular weight excluding hydrogens is 336 g/mol. The van der Waals surface area contributed by atoms with Gasteiger partial charge in [0.2, 0.25) is 0 Å². The van der Waals surface area contributed by atoms with Gasteiger partial charge in [-0.2, -0.15) is 0 Å². The number of guanidine groups is 1. The first kappa shape index (κ1) is 20.5. The predicted octanol–water partition coefficient (Wildman–Crippen LogP) is 3.08. The van der Waals surface area contributed by atoms with Crippen LogP contribution in [-0.2, 0) is 12.0 Å². The SMILES string of the molecule is CCNC(=NCc1ccc(C(=O)NC)cc1)NCC(C)(C)c1ccccc1. The minimum atomic E-state index is -0.0804. The van der Waals surface area contributed by atoms with Crippen LogP contribution in [0.15, 0.2) is 59.6 Å². The summed E-state index contributed by atoms with van der Waals surface area (Å²) in [6.07, 6.45) is 0. The van der Waals surface area contributed by atoms with Gasteiger partial charge in [0.05, 0.1) is 6.54 Å². The van der Waals surface area contributed by atoms with Gasteiger partial charge in [0.25, 0.3) is 5.91 Å². The number of benzene rings is 2. The van der Waals surface area contributed by atoms with Gasteiger partial charge in [0.15, 0.2) is 5.96 Å². The molecule has 0 aliphatic rings. The Kier molecular flexibility index (Phi) is 7.41. The fraction of sp³-hybridized carbons (Fsp3) is 0.364. The van der Waals surface area contributed by atoms with Gasteiger partial charge in [-0.15, -0.1) is 0 Å². The van der Waals surface area contributed by atoms with Crippen molar-refractivity contribution < 1.29 is 4.79 Å². The Morgan fingerprint density at radius 3 is 2.26 bits per heavy atom. The standard InChI is InChI=1S/C22H30N4O/c1-5-24-21(26-16-22(2,3)19-9-7-6-8-10-19)25-15-17-11-13-18(14-12-17)20(27)23-4/h6-14H,5,15-16H2,1-4H3,(H,23,27)(H2,24,25,26).